The molecule has 2 heterocycles. The van der Waals surface area contributed by atoms with Crippen molar-refractivity contribution in [3.63, 3.8) is 0 Å². The summed E-state index contributed by atoms with van der Waals surface area (Å²) in [6.07, 6.45) is 0. The third-order valence-corrected chi connectivity index (χ3v) is 6.11. The Balaban J connectivity index is 1.67. The Labute approximate surface area is 179 Å². The molecule has 0 bridgehead atoms. The van der Waals surface area contributed by atoms with E-state index in [1.54, 1.807) is 28.8 Å². The number of fused-ring (bicyclic) bond motifs is 1. The van der Waals surface area contributed by atoms with Crippen LogP contribution in [0.4, 0.5) is 0 Å². The van der Waals surface area contributed by atoms with Crippen molar-refractivity contribution < 1.29 is 0 Å². The van der Waals surface area contributed by atoms with E-state index in [2.05, 4.69) is 15.0 Å². The molecule has 2 aromatic carbocycles. The lowest BCUT2D eigenvalue weighted by atomic mass is 10.2. The monoisotopic (exact) mass is 450 g/mol. The van der Waals surface area contributed by atoms with Crippen LogP contribution in [-0.4, -0.2) is 19.5 Å². The van der Waals surface area contributed by atoms with Gasteiger partial charge in [-0.05, 0) is 42.0 Å². The van der Waals surface area contributed by atoms with Gasteiger partial charge < -0.3 is 4.57 Å². The molecule has 0 spiro atoms. The van der Waals surface area contributed by atoms with Crippen LogP contribution in [0.3, 0.4) is 0 Å². The van der Waals surface area contributed by atoms with Crippen LogP contribution < -0.4 is 5.56 Å². The largest absolute Gasteiger partial charge is 0.312 e. The van der Waals surface area contributed by atoms with Crippen LogP contribution >= 0.6 is 46.6 Å². The Morgan fingerprint density at radius 1 is 1.04 bits per heavy atom. The first-order chi connectivity index (χ1) is 13.4. The highest BCUT2D eigenvalue weighted by molar-refractivity contribution is 7.98. The van der Waals surface area contributed by atoms with E-state index in [-0.39, 0.29) is 5.56 Å². The normalized spacial score (nSPS) is 11.3. The van der Waals surface area contributed by atoms with E-state index in [0.717, 1.165) is 11.1 Å². The average molecular weight is 452 g/mol. The Morgan fingerprint density at radius 2 is 1.79 bits per heavy atom. The zero-order valence-electron chi connectivity index (χ0n) is 14.5. The van der Waals surface area contributed by atoms with Gasteiger partial charge in [0.2, 0.25) is 0 Å². The highest BCUT2D eigenvalue weighted by atomic mass is 35.5. The number of halogens is 3. The van der Waals surface area contributed by atoms with Gasteiger partial charge in [0.15, 0.2) is 16.3 Å². The van der Waals surface area contributed by atoms with Gasteiger partial charge in [0.1, 0.15) is 5.82 Å². The van der Waals surface area contributed by atoms with Gasteiger partial charge in [0.25, 0.3) is 5.56 Å². The molecule has 0 aliphatic rings. The minimum absolute atomic E-state index is 0.280. The molecule has 0 saturated carbocycles. The SMILES string of the molecule is Cn1c(-c2ccc(Cl)cc2)nc2c(=O)[nH]c(SCc3ccc(Cl)c(Cl)c3)nc21. The summed E-state index contributed by atoms with van der Waals surface area (Å²) in [5.41, 5.74) is 2.37. The summed E-state index contributed by atoms with van der Waals surface area (Å²) in [5, 5.41) is 2.15. The molecule has 28 heavy (non-hydrogen) atoms. The molecule has 0 saturated heterocycles. The molecule has 0 aliphatic carbocycles. The second-order valence-corrected chi connectivity index (χ2v) is 8.30. The third-order valence-electron chi connectivity index (χ3n) is 4.17. The number of thioether (sulfide) groups is 1. The fraction of sp³-hybridized carbons (Fsp3) is 0.105. The van der Waals surface area contributed by atoms with Crippen LogP contribution in [0.2, 0.25) is 15.1 Å². The Kier molecular flexibility index (Phi) is 5.38. The molecular weight excluding hydrogens is 439 g/mol. The van der Waals surface area contributed by atoms with Crippen molar-refractivity contribution in [1.82, 2.24) is 19.5 Å². The highest BCUT2D eigenvalue weighted by Crippen LogP contribution is 2.27. The summed E-state index contributed by atoms with van der Waals surface area (Å²) >= 11 is 19.4. The van der Waals surface area contributed by atoms with Crippen LogP contribution in [-0.2, 0) is 12.8 Å². The Hall–Kier alpha value is -1.99. The van der Waals surface area contributed by atoms with E-state index >= 15 is 0 Å². The lowest BCUT2D eigenvalue weighted by molar-refractivity contribution is 0.900. The number of aromatic amines is 1. The second-order valence-electron chi connectivity index (χ2n) is 6.08. The van der Waals surface area contributed by atoms with Crippen molar-refractivity contribution in [2.24, 2.45) is 7.05 Å². The fourth-order valence-electron chi connectivity index (χ4n) is 2.76. The van der Waals surface area contributed by atoms with E-state index in [1.807, 2.05) is 25.2 Å². The summed E-state index contributed by atoms with van der Waals surface area (Å²) in [4.78, 5) is 24.3. The quantitative estimate of drug-likeness (QED) is 0.325. The molecule has 0 aliphatic heterocycles. The summed E-state index contributed by atoms with van der Waals surface area (Å²) < 4.78 is 1.80. The van der Waals surface area contributed by atoms with E-state index < -0.39 is 0 Å². The number of hydrogen-bond donors (Lipinski definition) is 1. The zero-order valence-corrected chi connectivity index (χ0v) is 17.6. The van der Waals surface area contributed by atoms with Crippen LogP contribution in [0.5, 0.6) is 0 Å². The van der Waals surface area contributed by atoms with E-state index in [9.17, 15) is 4.79 Å². The zero-order chi connectivity index (χ0) is 19.8. The average Bonchev–Trinajstić information content (AvgIpc) is 3.01. The summed E-state index contributed by atoms with van der Waals surface area (Å²) in [6, 6.07) is 12.7. The van der Waals surface area contributed by atoms with Gasteiger partial charge in [0.05, 0.1) is 10.0 Å². The first-order valence-corrected chi connectivity index (χ1v) is 10.3. The number of nitrogens with zero attached hydrogens (tertiary/aromatic N) is 3. The number of H-pyrrole nitrogens is 1. The van der Waals surface area contributed by atoms with Gasteiger partial charge in [-0.1, -0.05) is 52.6 Å². The number of benzene rings is 2. The molecule has 4 rings (SSSR count). The summed E-state index contributed by atoms with van der Waals surface area (Å²) in [6.45, 7) is 0. The topological polar surface area (TPSA) is 63.6 Å². The minimum Gasteiger partial charge on any atom is -0.312 e. The number of imidazole rings is 1. The second kappa shape index (κ2) is 7.79. The van der Waals surface area contributed by atoms with Crippen LogP contribution in [0, 0.1) is 0 Å². The van der Waals surface area contributed by atoms with Crippen molar-refractivity contribution in [2.75, 3.05) is 0 Å². The standard InChI is InChI=1S/C19H13Cl3N4OS/c1-26-16(11-3-5-12(20)6-4-11)23-15-17(26)24-19(25-18(15)27)28-9-10-2-7-13(21)14(22)8-10/h2-8H,9H2,1H3,(H,24,25,27). The molecule has 2 aromatic heterocycles. The number of rotatable bonds is 4. The third kappa shape index (κ3) is 3.78. The molecular formula is C19H13Cl3N4OS. The van der Waals surface area contributed by atoms with Crippen molar-refractivity contribution in [2.45, 2.75) is 10.9 Å². The predicted molar refractivity (Wildman–Crippen MR) is 116 cm³/mol. The first-order valence-electron chi connectivity index (χ1n) is 8.22. The summed E-state index contributed by atoms with van der Waals surface area (Å²) in [5.74, 6) is 1.24. The molecule has 0 atom stereocenters. The smallest absolute Gasteiger partial charge is 0.279 e. The molecule has 4 aromatic rings. The van der Waals surface area contributed by atoms with Crippen molar-refractivity contribution in [3.8, 4) is 11.4 Å². The molecule has 0 unspecified atom stereocenters. The Morgan fingerprint density at radius 3 is 2.50 bits per heavy atom. The van der Waals surface area contributed by atoms with Gasteiger partial charge in [-0.15, -0.1) is 0 Å². The van der Waals surface area contributed by atoms with Gasteiger partial charge in [0, 0.05) is 23.4 Å². The highest BCUT2D eigenvalue weighted by Gasteiger charge is 2.15. The van der Waals surface area contributed by atoms with Crippen LogP contribution in [0.25, 0.3) is 22.6 Å². The van der Waals surface area contributed by atoms with Crippen molar-refractivity contribution >= 4 is 57.7 Å². The number of aromatic nitrogens is 4. The Bertz CT molecular complexity index is 1230. The van der Waals surface area contributed by atoms with E-state index in [4.69, 9.17) is 34.8 Å². The lowest BCUT2D eigenvalue weighted by Gasteiger charge is -2.04. The van der Waals surface area contributed by atoms with Gasteiger partial charge in [-0.3, -0.25) is 9.78 Å². The van der Waals surface area contributed by atoms with Gasteiger partial charge in [-0.25, -0.2) is 9.97 Å². The molecule has 0 fully saturated rings. The number of aryl methyl sites for hydroxylation is 1. The molecule has 9 heteroatoms. The minimum atomic E-state index is -0.280. The lowest BCUT2D eigenvalue weighted by Crippen LogP contribution is -2.10. The summed E-state index contributed by atoms with van der Waals surface area (Å²) in [7, 11) is 1.83. The van der Waals surface area contributed by atoms with Crippen molar-refractivity contribution in [1.29, 1.82) is 0 Å². The molecule has 5 nitrogen and oxygen atoms in total. The maximum Gasteiger partial charge on any atom is 0.279 e. The first kappa shape index (κ1) is 19.3. The van der Waals surface area contributed by atoms with E-state index in [1.165, 1.54) is 11.8 Å². The van der Waals surface area contributed by atoms with E-state index in [0.29, 0.717) is 43.0 Å². The maximum atomic E-state index is 12.5. The van der Waals surface area contributed by atoms with Gasteiger partial charge in [-0.2, -0.15) is 0 Å². The maximum absolute atomic E-state index is 12.5. The molecule has 1 N–H and O–H groups in total. The molecule has 0 radical (unpaired) electrons. The molecule has 0 amide bonds. The van der Waals surface area contributed by atoms with Crippen molar-refractivity contribution in [3.05, 3.63) is 73.4 Å². The fourth-order valence-corrected chi connectivity index (χ4v) is 4.00. The van der Waals surface area contributed by atoms with Crippen LogP contribution in [0.1, 0.15) is 5.56 Å². The number of hydrogen-bond acceptors (Lipinski definition) is 4. The van der Waals surface area contributed by atoms with Crippen LogP contribution in [0.15, 0.2) is 52.4 Å². The number of nitrogens with one attached hydrogen (secondary N) is 1. The molecule has 142 valence electrons. The predicted octanol–water partition coefficient (Wildman–Crippen LogP) is 5.58. The van der Waals surface area contributed by atoms with Gasteiger partial charge >= 0.3 is 0 Å².